The summed E-state index contributed by atoms with van der Waals surface area (Å²) in [5, 5.41) is 1.03. The average Bonchev–Trinajstić information content (AvgIpc) is 2.24. The van der Waals surface area contributed by atoms with Crippen LogP contribution in [0.2, 0.25) is 10.0 Å². The second-order valence-electron chi connectivity index (χ2n) is 3.64. The topological polar surface area (TPSA) is 64.4 Å². The molecule has 17 heavy (non-hydrogen) atoms. The molecular weight excluding hydrogens is 263 g/mol. The van der Waals surface area contributed by atoms with E-state index in [9.17, 15) is 4.79 Å². The predicted octanol–water partition coefficient (Wildman–Crippen LogP) is 2.53. The maximum absolute atomic E-state index is 10.9. The number of hydrogen-bond donors (Lipinski definition) is 2. The summed E-state index contributed by atoms with van der Waals surface area (Å²) in [5.41, 5.74) is 2.07. The van der Waals surface area contributed by atoms with Gasteiger partial charge in [0.05, 0.1) is 6.10 Å². The lowest BCUT2D eigenvalue weighted by molar-refractivity contribution is -0.121. The van der Waals surface area contributed by atoms with Crippen molar-refractivity contribution in [1.82, 2.24) is 5.43 Å². The van der Waals surface area contributed by atoms with Crippen LogP contribution in [0.3, 0.4) is 0 Å². The normalized spacial score (nSPS) is 12.0. The molecule has 1 aromatic carbocycles. The smallest absolute Gasteiger partial charge is 0.234 e. The molecule has 0 aromatic heterocycles. The van der Waals surface area contributed by atoms with E-state index in [0.29, 0.717) is 28.6 Å². The summed E-state index contributed by atoms with van der Waals surface area (Å²) in [6, 6.07) is 4.97. The Hall–Kier alpha value is -0.970. The summed E-state index contributed by atoms with van der Waals surface area (Å²) in [6.45, 7) is 1.86. The molecule has 0 aliphatic heterocycles. The highest BCUT2D eigenvalue weighted by Gasteiger charge is 2.08. The van der Waals surface area contributed by atoms with E-state index in [1.54, 1.807) is 18.2 Å². The van der Waals surface area contributed by atoms with Gasteiger partial charge in [0.1, 0.15) is 5.75 Å². The van der Waals surface area contributed by atoms with Gasteiger partial charge in [-0.1, -0.05) is 23.2 Å². The van der Waals surface area contributed by atoms with Gasteiger partial charge in [-0.3, -0.25) is 10.2 Å². The molecule has 0 radical (unpaired) electrons. The van der Waals surface area contributed by atoms with Gasteiger partial charge < -0.3 is 4.74 Å². The largest absolute Gasteiger partial charge is 0.491 e. The quantitative estimate of drug-likeness (QED) is 0.494. The molecule has 0 saturated heterocycles. The average molecular weight is 277 g/mol. The summed E-state index contributed by atoms with van der Waals surface area (Å²) >= 11 is 11.7. The molecule has 4 nitrogen and oxygen atoms in total. The number of rotatable bonds is 5. The number of carbonyl (C=O) groups is 1. The fraction of sp³-hybridized carbons (Fsp3) is 0.364. The van der Waals surface area contributed by atoms with E-state index in [-0.39, 0.29) is 12.0 Å². The Bertz CT molecular complexity index is 379. The lowest BCUT2D eigenvalue weighted by atomic mass is 10.2. The number of nitrogens with one attached hydrogen (secondary N) is 1. The van der Waals surface area contributed by atoms with E-state index in [0.717, 1.165) is 0 Å². The van der Waals surface area contributed by atoms with Crippen molar-refractivity contribution in [3.63, 3.8) is 0 Å². The highest BCUT2D eigenvalue weighted by molar-refractivity contribution is 6.34. The van der Waals surface area contributed by atoms with Crippen LogP contribution in [0.1, 0.15) is 19.8 Å². The summed E-state index contributed by atoms with van der Waals surface area (Å²) < 4.78 is 5.58. The van der Waals surface area contributed by atoms with Crippen LogP contribution in [0.4, 0.5) is 0 Å². The molecule has 1 amide bonds. The van der Waals surface area contributed by atoms with Crippen molar-refractivity contribution in [2.24, 2.45) is 5.84 Å². The van der Waals surface area contributed by atoms with Gasteiger partial charge in [-0.15, -0.1) is 0 Å². The molecule has 0 aliphatic carbocycles. The van der Waals surface area contributed by atoms with Gasteiger partial charge in [-0.2, -0.15) is 0 Å². The van der Waals surface area contributed by atoms with Gasteiger partial charge in [0, 0.05) is 16.5 Å². The van der Waals surface area contributed by atoms with E-state index in [1.165, 1.54) is 0 Å². The second kappa shape index (κ2) is 6.69. The lowest BCUT2D eigenvalue weighted by Gasteiger charge is -2.14. The molecule has 1 aromatic rings. The Morgan fingerprint density at radius 2 is 2.00 bits per heavy atom. The minimum atomic E-state index is -0.218. The van der Waals surface area contributed by atoms with E-state index in [4.69, 9.17) is 33.8 Å². The fourth-order valence-corrected chi connectivity index (χ4v) is 1.80. The number of carbonyl (C=O) groups excluding carboxylic acids is 1. The zero-order valence-electron chi connectivity index (χ0n) is 9.37. The lowest BCUT2D eigenvalue weighted by Crippen LogP contribution is -2.30. The number of halogens is 2. The van der Waals surface area contributed by atoms with Gasteiger partial charge in [0.15, 0.2) is 0 Å². The number of amides is 1. The van der Waals surface area contributed by atoms with E-state index < -0.39 is 0 Å². The third kappa shape index (κ3) is 5.26. The Balaban J connectivity index is 2.50. The van der Waals surface area contributed by atoms with E-state index >= 15 is 0 Å². The van der Waals surface area contributed by atoms with Crippen LogP contribution in [0.5, 0.6) is 5.75 Å². The third-order valence-electron chi connectivity index (χ3n) is 2.11. The maximum Gasteiger partial charge on any atom is 0.234 e. The number of hydrogen-bond acceptors (Lipinski definition) is 3. The molecule has 0 bridgehead atoms. The van der Waals surface area contributed by atoms with Crippen LogP contribution in [0, 0.1) is 0 Å². The molecule has 1 unspecified atom stereocenters. The standard InChI is InChI=1S/C11H14Cl2N2O2/c1-7(2-3-11(16)15-14)17-10-5-8(12)4-9(13)6-10/h4-7H,2-3,14H2,1H3,(H,15,16). The summed E-state index contributed by atoms with van der Waals surface area (Å²) in [6.07, 6.45) is 0.751. The minimum absolute atomic E-state index is 0.123. The fourth-order valence-electron chi connectivity index (χ4n) is 1.29. The first-order valence-corrected chi connectivity index (χ1v) is 5.89. The first kappa shape index (κ1) is 14.1. The van der Waals surface area contributed by atoms with Crippen molar-refractivity contribution in [2.45, 2.75) is 25.9 Å². The minimum Gasteiger partial charge on any atom is -0.491 e. The molecule has 3 N–H and O–H groups in total. The molecule has 0 heterocycles. The molecule has 1 rings (SSSR count). The van der Waals surface area contributed by atoms with Crippen molar-refractivity contribution in [1.29, 1.82) is 0 Å². The van der Waals surface area contributed by atoms with Gasteiger partial charge >= 0.3 is 0 Å². The molecule has 6 heteroatoms. The highest BCUT2D eigenvalue weighted by atomic mass is 35.5. The molecular formula is C11H14Cl2N2O2. The van der Waals surface area contributed by atoms with Crippen molar-refractivity contribution >= 4 is 29.1 Å². The zero-order chi connectivity index (χ0) is 12.8. The van der Waals surface area contributed by atoms with Crippen LogP contribution in [-0.2, 0) is 4.79 Å². The Morgan fingerprint density at radius 1 is 1.41 bits per heavy atom. The Kier molecular flexibility index (Phi) is 5.55. The van der Waals surface area contributed by atoms with Crippen molar-refractivity contribution in [3.05, 3.63) is 28.2 Å². The van der Waals surface area contributed by atoms with Gasteiger partial charge in [-0.25, -0.2) is 5.84 Å². The van der Waals surface area contributed by atoms with Crippen molar-refractivity contribution in [2.75, 3.05) is 0 Å². The van der Waals surface area contributed by atoms with Gasteiger partial charge in [0.25, 0.3) is 0 Å². The Labute approximate surface area is 110 Å². The van der Waals surface area contributed by atoms with Crippen LogP contribution < -0.4 is 16.0 Å². The van der Waals surface area contributed by atoms with Crippen LogP contribution in [0.25, 0.3) is 0 Å². The molecule has 0 aliphatic rings. The highest BCUT2D eigenvalue weighted by Crippen LogP contribution is 2.25. The van der Waals surface area contributed by atoms with Crippen LogP contribution in [-0.4, -0.2) is 12.0 Å². The first-order valence-electron chi connectivity index (χ1n) is 5.13. The third-order valence-corrected chi connectivity index (χ3v) is 2.55. The second-order valence-corrected chi connectivity index (χ2v) is 4.51. The first-order chi connectivity index (χ1) is 8.01. The number of benzene rings is 1. The zero-order valence-corrected chi connectivity index (χ0v) is 10.9. The molecule has 0 fully saturated rings. The van der Waals surface area contributed by atoms with Crippen molar-refractivity contribution < 1.29 is 9.53 Å². The monoisotopic (exact) mass is 276 g/mol. The SMILES string of the molecule is CC(CCC(=O)NN)Oc1cc(Cl)cc(Cl)c1. The number of hydrazine groups is 1. The Morgan fingerprint density at radius 3 is 2.53 bits per heavy atom. The molecule has 0 saturated carbocycles. The van der Waals surface area contributed by atoms with E-state index in [2.05, 4.69) is 5.43 Å². The van der Waals surface area contributed by atoms with E-state index in [1.807, 2.05) is 6.92 Å². The summed E-state index contributed by atoms with van der Waals surface area (Å²) in [4.78, 5) is 10.9. The molecule has 94 valence electrons. The number of ether oxygens (including phenoxy) is 1. The molecule has 0 spiro atoms. The molecule has 1 atom stereocenters. The summed E-state index contributed by atoms with van der Waals surface area (Å²) in [7, 11) is 0. The van der Waals surface area contributed by atoms with Gasteiger partial charge in [-0.05, 0) is 31.5 Å². The number of nitrogens with two attached hydrogens (primary N) is 1. The van der Waals surface area contributed by atoms with Crippen LogP contribution in [0.15, 0.2) is 18.2 Å². The summed E-state index contributed by atoms with van der Waals surface area (Å²) in [5.74, 6) is 5.34. The van der Waals surface area contributed by atoms with Crippen LogP contribution >= 0.6 is 23.2 Å². The maximum atomic E-state index is 10.9. The predicted molar refractivity (Wildman–Crippen MR) is 68.1 cm³/mol. The van der Waals surface area contributed by atoms with Crippen molar-refractivity contribution in [3.8, 4) is 5.75 Å². The van der Waals surface area contributed by atoms with Gasteiger partial charge in [0.2, 0.25) is 5.91 Å².